The Kier molecular flexibility index (Phi) is 5.48. The van der Waals surface area contributed by atoms with Gasteiger partial charge in [0.15, 0.2) is 5.82 Å². The van der Waals surface area contributed by atoms with E-state index in [0.717, 1.165) is 22.7 Å². The van der Waals surface area contributed by atoms with Gasteiger partial charge in [0.1, 0.15) is 11.4 Å². The van der Waals surface area contributed by atoms with Crippen molar-refractivity contribution in [2.75, 3.05) is 38.2 Å². The minimum absolute atomic E-state index is 0.268. The number of methoxy groups -OCH3 is 1. The summed E-state index contributed by atoms with van der Waals surface area (Å²) >= 11 is 0. The zero-order valence-electron chi connectivity index (χ0n) is 16.3. The predicted octanol–water partition coefficient (Wildman–Crippen LogP) is 3.21. The minimum Gasteiger partial charge on any atom is -0.496 e. The van der Waals surface area contributed by atoms with Crippen LogP contribution in [0.25, 0.3) is 11.1 Å². The van der Waals surface area contributed by atoms with Crippen LogP contribution in [0.4, 0.5) is 10.6 Å². The number of carbonyl (C=O) groups is 1. The lowest BCUT2D eigenvalue weighted by Crippen LogP contribution is -2.50. The lowest BCUT2D eigenvalue weighted by atomic mass is 10.1. The smallest absolute Gasteiger partial charge is 0.410 e. The van der Waals surface area contributed by atoms with E-state index in [9.17, 15) is 4.79 Å². The van der Waals surface area contributed by atoms with Crippen LogP contribution in [0.5, 0.6) is 5.75 Å². The number of hydrogen-bond donors (Lipinski definition) is 0. The summed E-state index contributed by atoms with van der Waals surface area (Å²) in [5.41, 5.74) is 1.44. The van der Waals surface area contributed by atoms with Crippen LogP contribution in [-0.4, -0.2) is 60.1 Å². The molecule has 0 saturated carbocycles. The first-order chi connectivity index (χ1) is 12.9. The molecule has 1 aliphatic heterocycles. The molecule has 0 bridgehead atoms. The highest BCUT2D eigenvalue weighted by Crippen LogP contribution is 2.30. The summed E-state index contributed by atoms with van der Waals surface area (Å²) in [6, 6.07) is 9.84. The molecule has 0 atom stereocenters. The van der Waals surface area contributed by atoms with Crippen LogP contribution in [0.15, 0.2) is 36.5 Å². The maximum atomic E-state index is 12.2. The highest BCUT2D eigenvalue weighted by molar-refractivity contribution is 5.72. The monoisotopic (exact) mass is 370 g/mol. The van der Waals surface area contributed by atoms with E-state index >= 15 is 0 Å². The van der Waals surface area contributed by atoms with Crippen molar-refractivity contribution in [2.45, 2.75) is 26.4 Å². The van der Waals surface area contributed by atoms with Crippen molar-refractivity contribution in [2.24, 2.45) is 0 Å². The third kappa shape index (κ3) is 4.67. The van der Waals surface area contributed by atoms with Crippen LogP contribution in [-0.2, 0) is 4.74 Å². The van der Waals surface area contributed by atoms with E-state index < -0.39 is 5.60 Å². The molecule has 1 aromatic carbocycles. The lowest BCUT2D eigenvalue weighted by Gasteiger charge is -2.36. The first kappa shape index (κ1) is 18.9. The van der Waals surface area contributed by atoms with Crippen LogP contribution >= 0.6 is 0 Å². The summed E-state index contributed by atoms with van der Waals surface area (Å²) in [6.07, 6.45) is 1.47. The maximum Gasteiger partial charge on any atom is 0.410 e. The van der Waals surface area contributed by atoms with Gasteiger partial charge in [0.2, 0.25) is 0 Å². The molecule has 0 N–H and O–H groups in total. The van der Waals surface area contributed by atoms with Crippen molar-refractivity contribution in [3.8, 4) is 16.9 Å². The molecule has 1 amide bonds. The molecule has 0 unspecified atom stereocenters. The normalized spacial score (nSPS) is 14.8. The second-order valence-electron chi connectivity index (χ2n) is 7.46. The number of hydrogen-bond acceptors (Lipinski definition) is 6. The quantitative estimate of drug-likeness (QED) is 0.826. The first-order valence-electron chi connectivity index (χ1n) is 9.06. The van der Waals surface area contributed by atoms with Gasteiger partial charge in [-0.05, 0) is 32.9 Å². The molecule has 27 heavy (non-hydrogen) atoms. The number of ether oxygens (including phenoxy) is 2. The lowest BCUT2D eigenvalue weighted by molar-refractivity contribution is 0.0240. The van der Waals surface area contributed by atoms with Gasteiger partial charge in [-0.15, -0.1) is 5.10 Å². The fourth-order valence-electron chi connectivity index (χ4n) is 2.98. The van der Waals surface area contributed by atoms with Gasteiger partial charge in [0.05, 0.1) is 13.3 Å². The molecule has 1 fully saturated rings. The molecule has 0 spiro atoms. The van der Waals surface area contributed by atoms with Crippen molar-refractivity contribution in [1.29, 1.82) is 0 Å². The Balaban J connectivity index is 1.70. The second-order valence-corrected chi connectivity index (χ2v) is 7.46. The van der Waals surface area contributed by atoms with E-state index in [0.29, 0.717) is 26.2 Å². The molecule has 7 heteroatoms. The molecule has 0 radical (unpaired) electrons. The van der Waals surface area contributed by atoms with Crippen LogP contribution in [0.2, 0.25) is 0 Å². The molecule has 1 saturated heterocycles. The topological polar surface area (TPSA) is 67.8 Å². The number of carbonyl (C=O) groups excluding carboxylic acids is 1. The third-order valence-corrected chi connectivity index (χ3v) is 4.31. The number of anilines is 1. The Morgan fingerprint density at radius 3 is 2.48 bits per heavy atom. The fraction of sp³-hybridized carbons (Fsp3) is 0.450. The summed E-state index contributed by atoms with van der Waals surface area (Å²) in [7, 11) is 1.66. The predicted molar refractivity (Wildman–Crippen MR) is 104 cm³/mol. The summed E-state index contributed by atoms with van der Waals surface area (Å²) in [6.45, 7) is 8.18. The Hall–Kier alpha value is -2.83. The van der Waals surface area contributed by atoms with Gasteiger partial charge >= 0.3 is 6.09 Å². The van der Waals surface area contributed by atoms with Gasteiger partial charge in [-0.2, -0.15) is 5.10 Å². The molecule has 0 aliphatic carbocycles. The number of amides is 1. The molecular weight excluding hydrogens is 344 g/mol. The largest absolute Gasteiger partial charge is 0.496 e. The van der Waals surface area contributed by atoms with Crippen LogP contribution in [0.3, 0.4) is 0 Å². The molecule has 1 aromatic heterocycles. The van der Waals surface area contributed by atoms with Crippen molar-refractivity contribution in [3.63, 3.8) is 0 Å². The average Bonchev–Trinajstić information content (AvgIpc) is 2.67. The number of benzene rings is 1. The van der Waals surface area contributed by atoms with Crippen LogP contribution < -0.4 is 9.64 Å². The van der Waals surface area contributed by atoms with E-state index in [-0.39, 0.29) is 6.09 Å². The van der Waals surface area contributed by atoms with Gasteiger partial charge in [0, 0.05) is 37.3 Å². The summed E-state index contributed by atoms with van der Waals surface area (Å²) < 4.78 is 10.9. The van der Waals surface area contributed by atoms with Gasteiger partial charge < -0.3 is 19.3 Å². The maximum absolute atomic E-state index is 12.2. The van der Waals surface area contributed by atoms with Gasteiger partial charge in [-0.1, -0.05) is 18.2 Å². The fourth-order valence-corrected chi connectivity index (χ4v) is 2.98. The molecular formula is C20H26N4O3. The molecule has 144 valence electrons. The van der Waals surface area contributed by atoms with Gasteiger partial charge in [-0.25, -0.2) is 4.79 Å². The number of para-hydroxylation sites is 1. The third-order valence-electron chi connectivity index (χ3n) is 4.31. The van der Waals surface area contributed by atoms with Crippen molar-refractivity contribution in [3.05, 3.63) is 36.5 Å². The summed E-state index contributed by atoms with van der Waals surface area (Å²) in [5.74, 6) is 1.59. The van der Waals surface area contributed by atoms with E-state index in [1.807, 2.05) is 51.1 Å². The standard InChI is InChI=1S/C20H26N4O3/c1-20(2,3)27-19(25)24-11-9-23(10-12-24)18-13-15(14-21-22-18)16-7-5-6-8-17(16)26-4/h5-8,13-14H,9-12H2,1-4H3. The molecule has 1 aliphatic rings. The molecule has 2 aromatic rings. The van der Waals surface area contributed by atoms with E-state index in [1.54, 1.807) is 18.2 Å². The zero-order valence-corrected chi connectivity index (χ0v) is 16.3. The highest BCUT2D eigenvalue weighted by atomic mass is 16.6. The van der Waals surface area contributed by atoms with Crippen molar-refractivity contribution in [1.82, 2.24) is 15.1 Å². The van der Waals surface area contributed by atoms with E-state index in [1.165, 1.54) is 0 Å². The Morgan fingerprint density at radius 1 is 1.11 bits per heavy atom. The van der Waals surface area contributed by atoms with E-state index in [2.05, 4.69) is 15.1 Å². The zero-order chi connectivity index (χ0) is 19.4. The molecule has 2 heterocycles. The van der Waals surface area contributed by atoms with Crippen LogP contribution in [0.1, 0.15) is 20.8 Å². The molecule has 7 nitrogen and oxygen atoms in total. The number of nitrogens with zero attached hydrogens (tertiary/aromatic N) is 4. The number of aromatic nitrogens is 2. The summed E-state index contributed by atoms with van der Waals surface area (Å²) in [4.78, 5) is 16.1. The highest BCUT2D eigenvalue weighted by Gasteiger charge is 2.26. The first-order valence-corrected chi connectivity index (χ1v) is 9.06. The van der Waals surface area contributed by atoms with Crippen molar-refractivity contribution < 1.29 is 14.3 Å². The van der Waals surface area contributed by atoms with Crippen LogP contribution in [0, 0.1) is 0 Å². The Morgan fingerprint density at radius 2 is 1.81 bits per heavy atom. The number of rotatable bonds is 3. The van der Waals surface area contributed by atoms with E-state index in [4.69, 9.17) is 9.47 Å². The minimum atomic E-state index is -0.483. The second kappa shape index (κ2) is 7.82. The Bertz CT molecular complexity index is 796. The van der Waals surface area contributed by atoms with Gasteiger partial charge in [-0.3, -0.25) is 0 Å². The summed E-state index contributed by atoms with van der Waals surface area (Å²) in [5, 5.41) is 8.44. The van der Waals surface area contributed by atoms with Gasteiger partial charge in [0.25, 0.3) is 0 Å². The Labute approximate surface area is 159 Å². The average molecular weight is 370 g/mol. The SMILES string of the molecule is COc1ccccc1-c1cnnc(N2CCN(C(=O)OC(C)(C)C)CC2)c1. The van der Waals surface area contributed by atoms with Crippen molar-refractivity contribution >= 4 is 11.9 Å². The number of piperazine rings is 1. The molecule has 3 rings (SSSR count).